The second-order valence-electron chi connectivity index (χ2n) is 5.73. The fraction of sp³-hybridized carbons (Fsp3) is 0.176. The molecule has 0 aliphatic heterocycles. The molecule has 25 heavy (non-hydrogen) atoms. The van der Waals surface area contributed by atoms with Crippen molar-refractivity contribution in [2.24, 2.45) is 16.5 Å². The Bertz CT molecular complexity index is 851. The molecule has 8 heteroatoms. The minimum Gasteiger partial charge on any atom is -0.361 e. The highest BCUT2D eigenvalue weighted by atomic mass is 16.2. The number of H-pyrrole nitrogens is 1. The number of primary amides is 1. The molecule has 0 unspecified atom stereocenters. The quantitative estimate of drug-likeness (QED) is 0.293. The lowest BCUT2D eigenvalue weighted by Crippen LogP contribution is -2.30. The molecule has 1 heterocycles. The molecule has 8 N–H and O–H groups in total. The molecule has 0 atom stereocenters. The third-order valence-corrected chi connectivity index (χ3v) is 3.57. The number of carbonyl (C=O) groups excluding carboxylic acids is 2. The van der Waals surface area contributed by atoms with Crippen LogP contribution in [0.2, 0.25) is 0 Å². The fourth-order valence-electron chi connectivity index (χ4n) is 2.35. The molecular weight excluding hydrogens is 320 g/mol. The van der Waals surface area contributed by atoms with Gasteiger partial charge in [-0.05, 0) is 29.1 Å². The van der Waals surface area contributed by atoms with Gasteiger partial charge in [-0.25, -0.2) is 4.79 Å². The number of ketones is 1. The van der Waals surface area contributed by atoms with Gasteiger partial charge in [-0.15, -0.1) is 0 Å². The van der Waals surface area contributed by atoms with E-state index in [9.17, 15) is 9.59 Å². The van der Waals surface area contributed by atoms with Gasteiger partial charge in [-0.3, -0.25) is 10.2 Å². The van der Waals surface area contributed by atoms with Crippen LogP contribution in [0.5, 0.6) is 0 Å². The van der Waals surface area contributed by atoms with E-state index in [0.717, 1.165) is 12.0 Å². The van der Waals surface area contributed by atoms with Crippen LogP contribution < -0.4 is 22.2 Å². The van der Waals surface area contributed by atoms with Crippen molar-refractivity contribution in [3.05, 3.63) is 52.8 Å². The van der Waals surface area contributed by atoms with E-state index in [1.165, 1.54) is 0 Å². The predicted octanol–water partition coefficient (Wildman–Crippen LogP) is 0.352. The molecular formula is C17H21N6O2+. The van der Waals surface area contributed by atoms with Crippen LogP contribution in [-0.2, 0) is 0 Å². The van der Waals surface area contributed by atoms with Crippen molar-refractivity contribution in [1.29, 1.82) is 0 Å². The first-order valence-corrected chi connectivity index (χ1v) is 7.64. The van der Waals surface area contributed by atoms with Crippen LogP contribution in [0.1, 0.15) is 47.1 Å². The molecule has 0 saturated carbocycles. The zero-order valence-electron chi connectivity index (χ0n) is 14.0. The van der Waals surface area contributed by atoms with Gasteiger partial charge in [-0.1, -0.05) is 26.0 Å². The van der Waals surface area contributed by atoms with Gasteiger partial charge < -0.3 is 21.8 Å². The van der Waals surface area contributed by atoms with E-state index in [-0.39, 0.29) is 17.5 Å². The van der Waals surface area contributed by atoms with Crippen LogP contribution >= 0.6 is 0 Å². The second-order valence-corrected chi connectivity index (χ2v) is 5.73. The number of aliphatic imine (C=N–C) groups is 1. The van der Waals surface area contributed by atoms with E-state index in [0.29, 0.717) is 22.5 Å². The molecule has 130 valence electrons. The fourth-order valence-corrected chi connectivity index (χ4v) is 2.35. The smallest absolute Gasteiger partial charge is 0.316 e. The molecule has 1 aromatic carbocycles. The number of nitrogens with two attached hydrogens (primary N) is 3. The average molecular weight is 341 g/mol. The first-order valence-electron chi connectivity index (χ1n) is 7.64. The molecule has 0 radical (unpaired) electrons. The monoisotopic (exact) mass is 341 g/mol. The maximum absolute atomic E-state index is 12.9. The minimum absolute atomic E-state index is 0.115. The van der Waals surface area contributed by atoms with Crippen LogP contribution in [0.25, 0.3) is 0 Å². The number of amides is 2. The highest BCUT2D eigenvalue weighted by Gasteiger charge is 2.22. The lowest BCUT2D eigenvalue weighted by molar-refractivity contribution is -0.106. The van der Waals surface area contributed by atoms with Gasteiger partial charge in [0.15, 0.2) is 5.78 Å². The number of rotatable bonds is 6. The summed E-state index contributed by atoms with van der Waals surface area (Å²) in [4.78, 5) is 30.9. The number of hydrogen-bond donors (Lipinski definition) is 5. The summed E-state index contributed by atoms with van der Waals surface area (Å²) < 4.78 is 0. The van der Waals surface area contributed by atoms with Crippen molar-refractivity contribution >= 4 is 29.7 Å². The number of amidine groups is 1. The number of urea groups is 1. The molecule has 0 fully saturated rings. The Labute approximate surface area is 144 Å². The summed E-state index contributed by atoms with van der Waals surface area (Å²) in [5.41, 5.74) is 13.5. The lowest BCUT2D eigenvalue weighted by atomic mass is 10.0. The summed E-state index contributed by atoms with van der Waals surface area (Å²) in [6.45, 7) is 3.98. The van der Waals surface area contributed by atoms with Gasteiger partial charge in [-0.2, -0.15) is 0 Å². The maximum Gasteiger partial charge on any atom is 0.316 e. The highest BCUT2D eigenvalue weighted by Crippen LogP contribution is 2.22. The zero-order chi connectivity index (χ0) is 18.6. The summed E-state index contributed by atoms with van der Waals surface area (Å²) in [5, 5.41) is 7.74. The Morgan fingerprint density at radius 1 is 1.28 bits per heavy atom. The Morgan fingerprint density at radius 2 is 2.00 bits per heavy atom. The van der Waals surface area contributed by atoms with E-state index in [1.54, 1.807) is 30.3 Å². The molecule has 0 spiro atoms. The van der Waals surface area contributed by atoms with Gasteiger partial charge in [0, 0.05) is 16.9 Å². The summed E-state index contributed by atoms with van der Waals surface area (Å²) in [7, 11) is 0. The summed E-state index contributed by atoms with van der Waals surface area (Å²) in [6.07, 6.45) is 1.07. The number of nitrogens with zero attached hydrogens (tertiary/aromatic N) is 1. The van der Waals surface area contributed by atoms with Gasteiger partial charge in [0.1, 0.15) is 5.69 Å². The Balaban J connectivity index is 2.49. The van der Waals surface area contributed by atoms with Crippen molar-refractivity contribution in [1.82, 2.24) is 4.98 Å². The molecule has 2 aromatic rings. The molecule has 1 aromatic heterocycles. The summed E-state index contributed by atoms with van der Waals surface area (Å²) >= 11 is 0. The third kappa shape index (κ3) is 4.11. The molecule has 2 rings (SSSR count). The van der Waals surface area contributed by atoms with Crippen LogP contribution in [0, 0.1) is 0 Å². The third-order valence-electron chi connectivity index (χ3n) is 3.57. The van der Waals surface area contributed by atoms with Crippen LogP contribution in [0.3, 0.4) is 0 Å². The van der Waals surface area contributed by atoms with Gasteiger partial charge in [0.25, 0.3) is 12.2 Å². The molecule has 0 aliphatic rings. The van der Waals surface area contributed by atoms with Gasteiger partial charge in [0.2, 0.25) is 0 Å². The number of carbonyl (C=O) groups is 2. The Kier molecular flexibility index (Phi) is 5.33. The van der Waals surface area contributed by atoms with Crippen molar-refractivity contribution < 1.29 is 15.0 Å². The van der Waals surface area contributed by atoms with E-state index < -0.39 is 6.03 Å². The number of hydrogen-bond acceptors (Lipinski definition) is 2. The van der Waals surface area contributed by atoms with Crippen molar-refractivity contribution in [2.45, 2.75) is 19.8 Å². The van der Waals surface area contributed by atoms with Gasteiger partial charge in [0.05, 0.1) is 5.56 Å². The molecule has 0 aliphatic carbocycles. The minimum atomic E-state index is -0.705. The number of aromatic nitrogens is 1. The SMILES string of the molecule is CC(C)c1cc(C(=O)c2cccc(NC(N)=O)c2)c(C(N)=NC=[NH2+])[nH]1. The summed E-state index contributed by atoms with van der Waals surface area (Å²) in [5.74, 6) is 0.0171. The highest BCUT2D eigenvalue weighted by molar-refractivity contribution is 6.16. The first-order chi connectivity index (χ1) is 11.8. The average Bonchev–Trinajstić information content (AvgIpc) is 2.99. The normalized spacial score (nSPS) is 11.4. The van der Waals surface area contributed by atoms with Crippen LogP contribution in [0.4, 0.5) is 10.5 Å². The standard InChI is InChI=1S/C17H20N6O2/c1-9(2)13-7-12(14(23-13)16(19)21-8-18)15(24)10-4-3-5-11(6-10)22-17(20)25/h3-9,23H,1-2H3,(H3,18,19,21)(H3,20,22,25)/p+1. The molecule has 2 amide bonds. The summed E-state index contributed by atoms with van der Waals surface area (Å²) in [6, 6.07) is 7.51. The largest absolute Gasteiger partial charge is 0.361 e. The van der Waals surface area contributed by atoms with Crippen molar-refractivity contribution in [2.75, 3.05) is 5.32 Å². The number of benzene rings is 1. The number of nitrogens with one attached hydrogen (secondary N) is 2. The maximum atomic E-state index is 12.9. The van der Waals surface area contributed by atoms with E-state index in [2.05, 4.69) is 15.3 Å². The lowest BCUT2D eigenvalue weighted by Gasteiger charge is -2.05. The second kappa shape index (κ2) is 7.43. The topological polar surface area (TPSA) is 152 Å². The Hall–Kier alpha value is -3.42. The first kappa shape index (κ1) is 17.9. The van der Waals surface area contributed by atoms with Crippen molar-refractivity contribution in [3.63, 3.8) is 0 Å². The van der Waals surface area contributed by atoms with E-state index >= 15 is 0 Å². The Morgan fingerprint density at radius 3 is 2.60 bits per heavy atom. The zero-order valence-corrected chi connectivity index (χ0v) is 14.0. The van der Waals surface area contributed by atoms with Gasteiger partial charge >= 0.3 is 6.03 Å². The number of anilines is 1. The molecule has 0 saturated heterocycles. The van der Waals surface area contributed by atoms with E-state index in [1.807, 2.05) is 13.8 Å². The van der Waals surface area contributed by atoms with E-state index in [4.69, 9.17) is 16.9 Å². The van der Waals surface area contributed by atoms with Crippen LogP contribution in [-0.4, -0.2) is 29.0 Å². The number of aromatic amines is 1. The molecule has 0 bridgehead atoms. The van der Waals surface area contributed by atoms with Crippen molar-refractivity contribution in [3.8, 4) is 0 Å². The predicted molar refractivity (Wildman–Crippen MR) is 96.7 cm³/mol. The molecule has 8 nitrogen and oxygen atoms in total. The van der Waals surface area contributed by atoms with Crippen LogP contribution in [0.15, 0.2) is 35.3 Å².